The summed E-state index contributed by atoms with van der Waals surface area (Å²) in [5.41, 5.74) is 0.805. The normalized spacial score (nSPS) is 16.1. The number of methoxy groups -OCH3 is 1. The van der Waals surface area contributed by atoms with Crippen molar-refractivity contribution < 1.29 is 33.4 Å². The molecule has 1 atom stereocenters. The third-order valence-electron chi connectivity index (χ3n) is 6.69. The topological polar surface area (TPSA) is 152 Å². The second-order valence-electron chi connectivity index (χ2n) is 9.04. The number of nitrogens with zero attached hydrogens (tertiary/aromatic N) is 6. The standard InChI is InChI=1S/C26H19ClFN7O5/c1-39-25(36)31-17-4-2-14(3-5-17)20-11-29-24(40-20)26(37)9-8-15-10-16(12-35(38)23(15)26)21-19(34-13-30-32-33-34)7-6-18(27)22(21)28/h2-7,10-13,37H,8-9H2,1H3,(H-,31,36,38)/p+1. The summed E-state index contributed by atoms with van der Waals surface area (Å²) >= 11 is 6.08. The number of aryl methyl sites for hydroxylation is 1. The summed E-state index contributed by atoms with van der Waals surface area (Å²) in [5, 5.41) is 36.2. The molecular formula is C26H20ClFN7O5+. The Balaban J connectivity index is 1.36. The molecule has 5 aromatic rings. The smallest absolute Gasteiger partial charge is 0.411 e. The number of anilines is 1. The monoisotopic (exact) mass is 564 g/mol. The lowest BCUT2D eigenvalue weighted by molar-refractivity contribution is -0.912. The van der Waals surface area contributed by atoms with Crippen molar-refractivity contribution in [2.24, 2.45) is 0 Å². The van der Waals surface area contributed by atoms with Crippen LogP contribution in [0.1, 0.15) is 23.6 Å². The van der Waals surface area contributed by atoms with Crippen LogP contribution in [0, 0.1) is 5.82 Å². The molecule has 0 fully saturated rings. The molecule has 0 aliphatic heterocycles. The van der Waals surface area contributed by atoms with E-state index in [1.165, 1.54) is 36.6 Å². The fraction of sp³-hybridized carbons (Fsp3) is 0.154. The number of rotatable bonds is 5. The predicted molar refractivity (Wildman–Crippen MR) is 136 cm³/mol. The molecule has 3 aromatic heterocycles. The van der Waals surface area contributed by atoms with E-state index in [0.29, 0.717) is 40.2 Å². The molecule has 3 heterocycles. The molecule has 1 aliphatic carbocycles. The Morgan fingerprint density at radius 1 is 1.25 bits per heavy atom. The lowest BCUT2D eigenvalue weighted by Gasteiger charge is -2.16. The maximum Gasteiger partial charge on any atom is 0.411 e. The summed E-state index contributed by atoms with van der Waals surface area (Å²) in [4.78, 5) is 15.7. The number of benzene rings is 2. The van der Waals surface area contributed by atoms with Gasteiger partial charge in [-0.3, -0.25) is 10.5 Å². The number of aromatic nitrogens is 6. The van der Waals surface area contributed by atoms with E-state index < -0.39 is 17.5 Å². The van der Waals surface area contributed by atoms with Crippen molar-refractivity contribution in [1.82, 2.24) is 25.2 Å². The van der Waals surface area contributed by atoms with Crippen molar-refractivity contribution in [3.8, 4) is 28.1 Å². The minimum atomic E-state index is -1.75. The van der Waals surface area contributed by atoms with Crippen LogP contribution < -0.4 is 10.0 Å². The van der Waals surface area contributed by atoms with Crippen LogP contribution in [-0.4, -0.2) is 48.7 Å². The molecule has 1 unspecified atom stereocenters. The molecule has 14 heteroatoms. The van der Waals surface area contributed by atoms with E-state index in [1.54, 1.807) is 36.4 Å². The molecule has 1 amide bonds. The Morgan fingerprint density at radius 3 is 2.77 bits per heavy atom. The molecule has 40 heavy (non-hydrogen) atoms. The summed E-state index contributed by atoms with van der Waals surface area (Å²) in [5.74, 6) is -0.361. The van der Waals surface area contributed by atoms with Crippen LogP contribution in [0.25, 0.3) is 28.1 Å². The van der Waals surface area contributed by atoms with Gasteiger partial charge in [-0.1, -0.05) is 11.6 Å². The number of hydrogen-bond acceptors (Lipinski definition) is 9. The average Bonchev–Trinajstić information content (AvgIpc) is 3.72. The number of oxazole rings is 1. The van der Waals surface area contributed by atoms with Crippen molar-refractivity contribution in [2.45, 2.75) is 18.4 Å². The van der Waals surface area contributed by atoms with Gasteiger partial charge in [0.2, 0.25) is 17.7 Å². The quantitative estimate of drug-likeness (QED) is 0.214. The maximum absolute atomic E-state index is 15.3. The van der Waals surface area contributed by atoms with E-state index in [4.69, 9.17) is 16.0 Å². The minimum Gasteiger partial charge on any atom is -0.453 e. The lowest BCUT2D eigenvalue weighted by atomic mass is 9.98. The van der Waals surface area contributed by atoms with Crippen molar-refractivity contribution in [3.05, 3.63) is 89.2 Å². The molecule has 12 nitrogen and oxygen atoms in total. The highest BCUT2D eigenvalue weighted by Crippen LogP contribution is 2.43. The van der Waals surface area contributed by atoms with Gasteiger partial charge in [-0.05, 0) is 65.7 Å². The first-order valence-electron chi connectivity index (χ1n) is 11.9. The van der Waals surface area contributed by atoms with Crippen LogP contribution >= 0.6 is 11.6 Å². The van der Waals surface area contributed by atoms with Crippen LogP contribution in [0.2, 0.25) is 5.02 Å². The minimum absolute atomic E-state index is 0.0168. The second-order valence-corrected chi connectivity index (χ2v) is 9.45. The summed E-state index contributed by atoms with van der Waals surface area (Å²) in [6.07, 6.45) is 3.95. The van der Waals surface area contributed by atoms with Crippen molar-refractivity contribution in [2.75, 3.05) is 12.4 Å². The van der Waals surface area contributed by atoms with Gasteiger partial charge in [0.15, 0.2) is 11.6 Å². The zero-order valence-electron chi connectivity index (χ0n) is 20.7. The van der Waals surface area contributed by atoms with E-state index in [1.807, 2.05) is 0 Å². The predicted octanol–water partition coefficient (Wildman–Crippen LogP) is 3.66. The van der Waals surface area contributed by atoms with Crippen molar-refractivity contribution >= 4 is 23.4 Å². The number of fused-ring (bicyclic) bond motifs is 1. The molecular weight excluding hydrogens is 545 g/mol. The number of tetrazole rings is 1. The Bertz CT molecular complexity index is 1740. The van der Waals surface area contributed by atoms with E-state index >= 15 is 4.39 Å². The summed E-state index contributed by atoms with van der Waals surface area (Å²) in [6.45, 7) is 0. The highest BCUT2D eigenvalue weighted by Gasteiger charge is 2.51. The van der Waals surface area contributed by atoms with Crippen LogP contribution in [0.3, 0.4) is 0 Å². The highest BCUT2D eigenvalue weighted by molar-refractivity contribution is 6.31. The van der Waals surface area contributed by atoms with E-state index in [2.05, 4.69) is 30.6 Å². The maximum atomic E-state index is 15.3. The van der Waals surface area contributed by atoms with Gasteiger partial charge in [-0.2, -0.15) is 4.68 Å². The second kappa shape index (κ2) is 9.70. The average molecular weight is 565 g/mol. The number of amides is 1. The Morgan fingerprint density at radius 2 is 2.05 bits per heavy atom. The van der Waals surface area contributed by atoms with Gasteiger partial charge in [0.05, 0.1) is 35.1 Å². The largest absolute Gasteiger partial charge is 0.453 e. The number of halogens is 2. The molecule has 3 N–H and O–H groups in total. The number of pyridine rings is 1. The number of carbonyl (C=O) groups is 1. The molecule has 202 valence electrons. The Hall–Kier alpha value is -4.88. The van der Waals surface area contributed by atoms with Crippen LogP contribution in [0.15, 0.2) is 65.6 Å². The van der Waals surface area contributed by atoms with Gasteiger partial charge in [0, 0.05) is 21.5 Å². The summed E-state index contributed by atoms with van der Waals surface area (Å²) in [7, 11) is 1.27. The van der Waals surface area contributed by atoms with Gasteiger partial charge in [0.1, 0.15) is 6.33 Å². The molecule has 0 saturated carbocycles. The number of nitrogens with one attached hydrogen (secondary N) is 1. The van der Waals surface area contributed by atoms with Crippen molar-refractivity contribution in [3.63, 3.8) is 0 Å². The first-order chi connectivity index (χ1) is 19.3. The fourth-order valence-electron chi connectivity index (χ4n) is 4.82. The van der Waals surface area contributed by atoms with Crippen LogP contribution in [-0.2, 0) is 16.8 Å². The van der Waals surface area contributed by atoms with Crippen LogP contribution in [0.5, 0.6) is 0 Å². The van der Waals surface area contributed by atoms with E-state index in [9.17, 15) is 15.1 Å². The summed E-state index contributed by atoms with van der Waals surface area (Å²) < 4.78 is 27.8. The van der Waals surface area contributed by atoms with Gasteiger partial charge in [-0.25, -0.2) is 14.2 Å². The third-order valence-corrected chi connectivity index (χ3v) is 6.98. The highest BCUT2D eigenvalue weighted by atomic mass is 35.5. The summed E-state index contributed by atoms with van der Waals surface area (Å²) in [6, 6.07) is 11.4. The molecule has 0 bridgehead atoms. The lowest BCUT2D eigenvalue weighted by Crippen LogP contribution is -2.43. The zero-order valence-corrected chi connectivity index (χ0v) is 21.5. The molecule has 2 aromatic carbocycles. The number of aliphatic hydroxyl groups is 1. The van der Waals surface area contributed by atoms with Gasteiger partial charge in [-0.15, -0.1) is 5.10 Å². The Kier molecular flexibility index (Phi) is 6.16. The first kappa shape index (κ1) is 25.4. The van der Waals surface area contributed by atoms with Gasteiger partial charge < -0.3 is 14.3 Å². The molecule has 6 rings (SSSR count). The van der Waals surface area contributed by atoms with E-state index in [0.717, 1.165) is 4.73 Å². The first-order valence-corrected chi connectivity index (χ1v) is 12.3. The fourth-order valence-corrected chi connectivity index (χ4v) is 4.98. The molecule has 1 aliphatic rings. The molecule has 0 saturated heterocycles. The SMILES string of the molecule is COC(=O)Nc1ccc(-c2cnc(C3(O)CCc4cc(-c5c(-n6cnnn6)ccc(Cl)c5F)c[n+](O)c43)o2)cc1. The number of ether oxygens (including phenoxy) is 1. The van der Waals surface area contributed by atoms with Crippen LogP contribution in [0.4, 0.5) is 14.9 Å². The number of hydrogen-bond donors (Lipinski definition) is 3. The third kappa shape index (κ3) is 4.21. The Labute approximate surface area is 230 Å². The van der Waals surface area contributed by atoms with E-state index in [-0.39, 0.29) is 28.6 Å². The molecule has 0 radical (unpaired) electrons. The van der Waals surface area contributed by atoms with Crippen molar-refractivity contribution in [1.29, 1.82) is 0 Å². The number of carbonyl (C=O) groups excluding carboxylic acids is 1. The molecule has 0 spiro atoms. The van der Waals surface area contributed by atoms with Gasteiger partial charge >= 0.3 is 6.09 Å². The van der Waals surface area contributed by atoms with Gasteiger partial charge in [0.25, 0.3) is 5.69 Å². The zero-order chi connectivity index (χ0) is 28.0.